The second-order valence-electron chi connectivity index (χ2n) is 4.60. The molecule has 1 aromatic rings. The van der Waals surface area contributed by atoms with E-state index in [0.29, 0.717) is 0 Å². The van der Waals surface area contributed by atoms with E-state index in [4.69, 9.17) is 4.74 Å². The van der Waals surface area contributed by atoms with Crippen LogP contribution >= 0.6 is 0 Å². The van der Waals surface area contributed by atoms with Crippen LogP contribution in [-0.2, 0) is 6.42 Å². The minimum Gasteiger partial charge on any atom is -0.496 e. The number of methoxy groups -OCH3 is 1. The fourth-order valence-electron chi connectivity index (χ4n) is 2.19. The molecule has 1 aliphatic rings. The largest absolute Gasteiger partial charge is 0.496 e. The molecule has 0 aliphatic heterocycles. The molecule has 0 radical (unpaired) electrons. The van der Waals surface area contributed by atoms with Crippen LogP contribution in [-0.4, -0.2) is 12.2 Å². The minimum atomic E-state index is -0.368. The quantitative estimate of drug-likeness (QED) is 0.740. The fraction of sp³-hybridized carbons (Fsp3) is 0.500. The topological polar surface area (TPSA) is 29.5 Å². The predicted molar refractivity (Wildman–Crippen MR) is 55.4 cm³/mol. The van der Waals surface area contributed by atoms with E-state index in [-0.39, 0.29) is 11.5 Å². The van der Waals surface area contributed by atoms with Gasteiger partial charge in [0.2, 0.25) is 0 Å². The van der Waals surface area contributed by atoms with Crippen molar-refractivity contribution in [3.63, 3.8) is 0 Å². The molecule has 0 saturated carbocycles. The number of fused-ring (bicyclic) bond motifs is 1. The molecule has 1 aliphatic carbocycles. The zero-order chi connectivity index (χ0) is 10.3. The van der Waals surface area contributed by atoms with E-state index in [2.05, 4.69) is 13.8 Å². The number of hydrogen-bond donors (Lipinski definition) is 1. The van der Waals surface area contributed by atoms with E-state index < -0.39 is 0 Å². The van der Waals surface area contributed by atoms with Crippen molar-refractivity contribution in [2.45, 2.75) is 26.4 Å². The van der Waals surface area contributed by atoms with E-state index in [0.717, 1.165) is 23.3 Å². The zero-order valence-corrected chi connectivity index (χ0v) is 8.87. The van der Waals surface area contributed by atoms with Gasteiger partial charge in [0.15, 0.2) is 0 Å². The highest BCUT2D eigenvalue weighted by Crippen LogP contribution is 2.47. The van der Waals surface area contributed by atoms with Gasteiger partial charge < -0.3 is 9.84 Å². The highest BCUT2D eigenvalue weighted by molar-refractivity contribution is 5.46. The lowest BCUT2D eigenvalue weighted by molar-refractivity contribution is 0.0665. The van der Waals surface area contributed by atoms with Crippen LogP contribution in [0, 0.1) is 5.41 Å². The van der Waals surface area contributed by atoms with Gasteiger partial charge in [-0.05, 0) is 23.5 Å². The van der Waals surface area contributed by atoms with Crippen molar-refractivity contribution in [2.24, 2.45) is 5.41 Å². The highest BCUT2D eigenvalue weighted by atomic mass is 16.5. The van der Waals surface area contributed by atoms with Crippen molar-refractivity contribution < 1.29 is 9.84 Å². The fourth-order valence-corrected chi connectivity index (χ4v) is 2.19. The lowest BCUT2D eigenvalue weighted by Gasteiger charge is -2.22. The van der Waals surface area contributed by atoms with Crippen LogP contribution in [0.15, 0.2) is 18.2 Å². The summed E-state index contributed by atoms with van der Waals surface area (Å²) in [5.74, 6) is 0.895. The van der Waals surface area contributed by atoms with Gasteiger partial charge in [0.05, 0.1) is 13.2 Å². The van der Waals surface area contributed by atoms with Crippen LogP contribution < -0.4 is 4.74 Å². The van der Waals surface area contributed by atoms with Crippen LogP contribution in [0.1, 0.15) is 31.1 Å². The zero-order valence-electron chi connectivity index (χ0n) is 8.87. The maximum absolute atomic E-state index is 10.1. The third kappa shape index (κ3) is 1.22. The third-order valence-corrected chi connectivity index (χ3v) is 3.06. The second kappa shape index (κ2) is 2.99. The standard InChI is InChI=1S/C12H16O2/c1-12(2)7-9-8(11(12)13)5-4-6-10(9)14-3/h4-6,11,13H,7H2,1-3H3. The van der Waals surface area contributed by atoms with Gasteiger partial charge in [0.25, 0.3) is 0 Å². The Morgan fingerprint density at radius 1 is 1.43 bits per heavy atom. The van der Waals surface area contributed by atoms with Crippen LogP contribution in [0.3, 0.4) is 0 Å². The lowest BCUT2D eigenvalue weighted by Crippen LogP contribution is -2.16. The second-order valence-corrected chi connectivity index (χ2v) is 4.60. The summed E-state index contributed by atoms with van der Waals surface area (Å²) in [7, 11) is 1.67. The van der Waals surface area contributed by atoms with E-state index in [1.807, 2.05) is 18.2 Å². The lowest BCUT2D eigenvalue weighted by atomic mass is 9.87. The van der Waals surface area contributed by atoms with Crippen molar-refractivity contribution >= 4 is 0 Å². The van der Waals surface area contributed by atoms with E-state index in [1.54, 1.807) is 7.11 Å². The Bertz CT molecular complexity index is 355. The molecule has 1 unspecified atom stereocenters. The molecule has 2 heteroatoms. The summed E-state index contributed by atoms with van der Waals surface area (Å²) in [5, 5.41) is 10.1. The summed E-state index contributed by atoms with van der Waals surface area (Å²) >= 11 is 0. The van der Waals surface area contributed by atoms with Gasteiger partial charge >= 0.3 is 0 Å². The molecule has 2 rings (SSSR count). The van der Waals surface area contributed by atoms with Gasteiger partial charge in [-0.1, -0.05) is 26.0 Å². The molecule has 0 saturated heterocycles. The molecular formula is C12H16O2. The average Bonchev–Trinajstić information content (AvgIpc) is 2.38. The number of ether oxygens (including phenoxy) is 1. The van der Waals surface area contributed by atoms with Crippen molar-refractivity contribution in [3.8, 4) is 5.75 Å². The normalized spacial score (nSPS) is 23.3. The molecule has 0 heterocycles. The summed E-state index contributed by atoms with van der Waals surface area (Å²) in [6.45, 7) is 4.16. The maximum Gasteiger partial charge on any atom is 0.122 e. The Hall–Kier alpha value is -1.02. The predicted octanol–water partition coefficient (Wildman–Crippen LogP) is 2.31. The Morgan fingerprint density at radius 3 is 2.79 bits per heavy atom. The number of aliphatic hydroxyl groups excluding tert-OH is 1. The van der Waals surface area contributed by atoms with Gasteiger partial charge in [0, 0.05) is 5.56 Å². The first-order chi connectivity index (χ1) is 6.56. The average molecular weight is 192 g/mol. The minimum absolute atomic E-state index is 0.0725. The molecule has 1 aromatic carbocycles. The van der Waals surface area contributed by atoms with Crippen molar-refractivity contribution in [1.82, 2.24) is 0 Å². The summed E-state index contributed by atoms with van der Waals surface area (Å²) in [6, 6.07) is 5.87. The first kappa shape index (κ1) is 9.53. The molecule has 0 amide bonds. The summed E-state index contributed by atoms with van der Waals surface area (Å²) in [4.78, 5) is 0. The smallest absolute Gasteiger partial charge is 0.122 e. The van der Waals surface area contributed by atoms with Gasteiger partial charge in [-0.25, -0.2) is 0 Å². The molecule has 1 atom stereocenters. The van der Waals surface area contributed by atoms with Crippen molar-refractivity contribution in [3.05, 3.63) is 29.3 Å². The molecule has 0 fully saturated rings. The SMILES string of the molecule is COc1cccc2c1CC(C)(C)C2O. The van der Waals surface area contributed by atoms with Crippen LogP contribution in [0.2, 0.25) is 0 Å². The molecule has 0 spiro atoms. The molecule has 14 heavy (non-hydrogen) atoms. The first-order valence-electron chi connectivity index (χ1n) is 4.90. The Labute approximate surface area is 84.5 Å². The van der Waals surface area contributed by atoms with E-state index in [1.165, 1.54) is 0 Å². The van der Waals surface area contributed by atoms with Gasteiger partial charge in [-0.2, -0.15) is 0 Å². The highest BCUT2D eigenvalue weighted by Gasteiger charge is 2.39. The first-order valence-corrected chi connectivity index (χ1v) is 4.90. The molecule has 2 nitrogen and oxygen atoms in total. The Morgan fingerprint density at radius 2 is 2.14 bits per heavy atom. The summed E-state index contributed by atoms with van der Waals surface area (Å²) in [6.07, 6.45) is 0.514. The molecule has 0 aromatic heterocycles. The number of aliphatic hydroxyl groups is 1. The van der Waals surface area contributed by atoms with E-state index in [9.17, 15) is 5.11 Å². The summed E-state index contributed by atoms with van der Waals surface area (Å²) in [5.41, 5.74) is 2.11. The molecular weight excluding hydrogens is 176 g/mol. The van der Waals surface area contributed by atoms with Gasteiger partial charge in [0.1, 0.15) is 5.75 Å². The van der Waals surface area contributed by atoms with Crippen LogP contribution in [0.4, 0.5) is 0 Å². The Kier molecular flexibility index (Phi) is 2.04. The molecule has 76 valence electrons. The Balaban J connectivity index is 2.53. The molecule has 0 bridgehead atoms. The number of rotatable bonds is 1. The van der Waals surface area contributed by atoms with Gasteiger partial charge in [-0.15, -0.1) is 0 Å². The third-order valence-electron chi connectivity index (χ3n) is 3.06. The monoisotopic (exact) mass is 192 g/mol. The van der Waals surface area contributed by atoms with Crippen LogP contribution in [0.5, 0.6) is 5.75 Å². The molecule has 1 N–H and O–H groups in total. The van der Waals surface area contributed by atoms with Gasteiger partial charge in [-0.3, -0.25) is 0 Å². The number of benzene rings is 1. The number of hydrogen-bond acceptors (Lipinski definition) is 2. The van der Waals surface area contributed by atoms with E-state index >= 15 is 0 Å². The van der Waals surface area contributed by atoms with Crippen molar-refractivity contribution in [2.75, 3.05) is 7.11 Å². The summed E-state index contributed by atoms with van der Waals surface area (Å²) < 4.78 is 5.29. The maximum atomic E-state index is 10.1. The van der Waals surface area contributed by atoms with Crippen molar-refractivity contribution in [1.29, 1.82) is 0 Å². The van der Waals surface area contributed by atoms with Crippen LogP contribution in [0.25, 0.3) is 0 Å².